The Labute approximate surface area is 283 Å². The van der Waals surface area contributed by atoms with Gasteiger partial charge in [-0.2, -0.15) is 0 Å². The third-order valence-electron chi connectivity index (χ3n) is 9.81. The molecule has 3 heterocycles. The van der Waals surface area contributed by atoms with Crippen LogP contribution in [0.25, 0.3) is 10.1 Å². The SMILES string of the molecule is CCOC1CCN([C@H]2C[C@@H](CO[C@H]3CC[C@H](C(=O)O)CC3)N(C(=O)Cc3cc(Cl)c(NC(=O)c4csc5ccccc45)cc3F)C2)C1. The molecule has 2 aliphatic heterocycles. The molecule has 12 heteroatoms. The number of carbonyl (C=O) groups is 3. The van der Waals surface area contributed by atoms with Gasteiger partial charge in [-0.25, -0.2) is 4.39 Å². The summed E-state index contributed by atoms with van der Waals surface area (Å²) in [4.78, 5) is 42.4. The largest absolute Gasteiger partial charge is 0.481 e. The van der Waals surface area contributed by atoms with Crippen LogP contribution in [0.2, 0.25) is 5.02 Å². The van der Waals surface area contributed by atoms with Crippen molar-refractivity contribution in [2.75, 3.05) is 38.2 Å². The smallest absolute Gasteiger partial charge is 0.306 e. The second kappa shape index (κ2) is 15.0. The Kier molecular flexibility index (Phi) is 10.8. The third-order valence-corrected chi connectivity index (χ3v) is 11.1. The van der Waals surface area contributed by atoms with Crippen molar-refractivity contribution >= 4 is 56.5 Å². The van der Waals surface area contributed by atoms with E-state index in [4.69, 9.17) is 21.1 Å². The van der Waals surface area contributed by atoms with Crippen molar-refractivity contribution in [3.05, 3.63) is 63.7 Å². The molecule has 1 saturated carbocycles. The van der Waals surface area contributed by atoms with E-state index in [2.05, 4.69) is 10.2 Å². The number of fused-ring (bicyclic) bond motifs is 1. The predicted molar refractivity (Wildman–Crippen MR) is 180 cm³/mol. The van der Waals surface area contributed by atoms with Crippen LogP contribution >= 0.6 is 22.9 Å². The lowest BCUT2D eigenvalue weighted by Crippen LogP contribution is -2.41. The fourth-order valence-corrected chi connectivity index (χ4v) is 8.40. The second-order valence-corrected chi connectivity index (χ2v) is 14.1. The average Bonchev–Trinajstić information content (AvgIpc) is 3.81. The fourth-order valence-electron chi connectivity index (χ4n) is 7.23. The zero-order valence-corrected chi connectivity index (χ0v) is 28.0. The molecule has 2 aromatic carbocycles. The standard InChI is InChI=1S/C35H41ClFN3O6S/c1-2-45-26-11-12-39(18-26)23-15-24(19-46-25-9-7-21(8-10-25)35(43)44)40(17-23)33(41)14-22-13-29(36)31(16-30(22)37)38-34(42)28-20-47-32-6-4-3-5-27(28)32/h3-6,13,16,20-21,23-26H,2,7-12,14-15,17-19H2,1H3,(H,38,42)(H,43,44)/t21-,23-,24-,25-,26?/m0/s1. The van der Waals surface area contributed by atoms with E-state index in [1.165, 1.54) is 23.5 Å². The Morgan fingerprint density at radius 3 is 2.62 bits per heavy atom. The summed E-state index contributed by atoms with van der Waals surface area (Å²) in [6.07, 6.45) is 4.17. The third kappa shape index (κ3) is 7.81. The van der Waals surface area contributed by atoms with E-state index in [1.807, 2.05) is 36.1 Å². The number of amides is 2. The Hall–Kier alpha value is -3.09. The van der Waals surface area contributed by atoms with Gasteiger partial charge in [-0.15, -0.1) is 11.3 Å². The molecular formula is C35H41ClFN3O6S. The van der Waals surface area contributed by atoms with Crippen molar-refractivity contribution in [1.29, 1.82) is 0 Å². The number of likely N-dealkylation sites (tertiary alicyclic amines) is 2. The Morgan fingerprint density at radius 1 is 1.06 bits per heavy atom. The van der Waals surface area contributed by atoms with Crippen LogP contribution in [0.5, 0.6) is 0 Å². The summed E-state index contributed by atoms with van der Waals surface area (Å²) in [5.74, 6) is -2.30. The predicted octanol–water partition coefficient (Wildman–Crippen LogP) is 6.23. The lowest BCUT2D eigenvalue weighted by Gasteiger charge is -2.30. The molecule has 3 fully saturated rings. The highest BCUT2D eigenvalue weighted by atomic mass is 35.5. The van der Waals surface area contributed by atoms with E-state index in [0.717, 1.165) is 36.0 Å². The van der Waals surface area contributed by atoms with E-state index >= 15 is 4.39 Å². The minimum atomic E-state index is -0.756. The molecule has 3 aromatic rings. The van der Waals surface area contributed by atoms with Crippen LogP contribution < -0.4 is 5.32 Å². The fraction of sp³-hybridized carbons (Fsp3) is 0.514. The van der Waals surface area contributed by atoms with E-state index in [9.17, 15) is 19.5 Å². The molecule has 9 nitrogen and oxygen atoms in total. The van der Waals surface area contributed by atoms with Crippen LogP contribution in [0.15, 0.2) is 41.8 Å². The minimum Gasteiger partial charge on any atom is -0.481 e. The summed E-state index contributed by atoms with van der Waals surface area (Å²) >= 11 is 7.99. The Balaban J connectivity index is 1.12. The molecule has 2 saturated heterocycles. The number of hydrogen-bond donors (Lipinski definition) is 2. The number of ether oxygens (including phenoxy) is 2. The van der Waals surface area contributed by atoms with Gasteiger partial charge >= 0.3 is 5.97 Å². The lowest BCUT2D eigenvalue weighted by molar-refractivity contribution is -0.144. The van der Waals surface area contributed by atoms with Crippen LogP contribution in [0, 0.1) is 11.7 Å². The number of aliphatic carboxylic acids is 1. The Morgan fingerprint density at radius 2 is 1.85 bits per heavy atom. The maximum Gasteiger partial charge on any atom is 0.306 e. The number of carboxylic acid groups (broad SMARTS) is 1. The monoisotopic (exact) mass is 685 g/mol. The summed E-state index contributed by atoms with van der Waals surface area (Å²) in [5.41, 5.74) is 0.786. The van der Waals surface area contributed by atoms with Crippen LogP contribution in [-0.2, 0) is 25.5 Å². The molecule has 3 aliphatic rings. The van der Waals surface area contributed by atoms with E-state index < -0.39 is 11.8 Å². The van der Waals surface area contributed by atoms with Gasteiger partial charge in [0.2, 0.25) is 5.91 Å². The second-order valence-electron chi connectivity index (χ2n) is 12.8. The minimum absolute atomic E-state index is 0.0400. The molecule has 0 spiro atoms. The first-order chi connectivity index (χ1) is 22.7. The molecule has 0 bridgehead atoms. The number of carbonyl (C=O) groups excluding carboxylic acids is 2. The van der Waals surface area contributed by atoms with Crippen LogP contribution in [0.4, 0.5) is 10.1 Å². The molecule has 0 radical (unpaired) electrons. The van der Waals surface area contributed by atoms with Gasteiger partial charge in [0.15, 0.2) is 0 Å². The van der Waals surface area contributed by atoms with E-state index in [1.54, 1.807) is 5.38 Å². The summed E-state index contributed by atoms with van der Waals surface area (Å²) in [5, 5.41) is 14.8. The number of thiophene rings is 1. The van der Waals surface area contributed by atoms with Crippen LogP contribution in [-0.4, -0.2) is 89.8 Å². The number of rotatable bonds is 11. The summed E-state index contributed by atoms with van der Waals surface area (Å²) in [6.45, 7) is 5.21. The normalized spacial score (nSPS) is 25.0. The van der Waals surface area contributed by atoms with Gasteiger partial charge < -0.3 is 24.8 Å². The maximum atomic E-state index is 15.5. The first-order valence-electron chi connectivity index (χ1n) is 16.4. The highest BCUT2D eigenvalue weighted by Crippen LogP contribution is 2.33. The lowest BCUT2D eigenvalue weighted by atomic mass is 9.87. The topological polar surface area (TPSA) is 108 Å². The number of nitrogens with one attached hydrogen (secondary N) is 1. The van der Waals surface area contributed by atoms with Crippen molar-refractivity contribution in [3.8, 4) is 0 Å². The molecule has 2 N–H and O–H groups in total. The van der Waals surface area contributed by atoms with Gasteiger partial charge in [0.25, 0.3) is 5.91 Å². The number of carboxylic acids is 1. The average molecular weight is 686 g/mol. The first-order valence-corrected chi connectivity index (χ1v) is 17.7. The van der Waals surface area contributed by atoms with Gasteiger partial charge in [0.1, 0.15) is 5.82 Å². The number of benzene rings is 2. The van der Waals surface area contributed by atoms with Gasteiger partial charge in [0, 0.05) is 47.7 Å². The quantitative estimate of drug-likeness (QED) is 0.247. The van der Waals surface area contributed by atoms with Crippen molar-refractivity contribution < 1.29 is 33.4 Å². The highest BCUT2D eigenvalue weighted by Gasteiger charge is 2.41. The van der Waals surface area contributed by atoms with Gasteiger partial charge in [-0.3, -0.25) is 19.3 Å². The van der Waals surface area contributed by atoms with Crippen LogP contribution in [0.1, 0.15) is 61.4 Å². The van der Waals surface area contributed by atoms with Crippen molar-refractivity contribution in [3.63, 3.8) is 0 Å². The van der Waals surface area contributed by atoms with E-state index in [-0.39, 0.29) is 64.7 Å². The molecule has 3 atom stereocenters. The molecule has 47 heavy (non-hydrogen) atoms. The first kappa shape index (κ1) is 33.8. The zero-order valence-electron chi connectivity index (χ0n) is 26.5. The molecule has 1 aromatic heterocycles. The summed E-state index contributed by atoms with van der Waals surface area (Å²) in [7, 11) is 0. The van der Waals surface area contributed by atoms with Crippen LogP contribution in [0.3, 0.4) is 0 Å². The number of hydrogen-bond acceptors (Lipinski definition) is 7. The molecule has 1 aliphatic carbocycles. The van der Waals surface area contributed by atoms with Gasteiger partial charge in [0.05, 0.1) is 53.5 Å². The molecule has 6 rings (SSSR count). The summed E-state index contributed by atoms with van der Waals surface area (Å²) in [6, 6.07) is 10.1. The number of halogens is 2. The number of anilines is 1. The zero-order chi connectivity index (χ0) is 33.1. The van der Waals surface area contributed by atoms with Gasteiger partial charge in [-0.05, 0) is 69.2 Å². The molecule has 1 unspecified atom stereocenters. The maximum absolute atomic E-state index is 15.5. The van der Waals surface area contributed by atoms with E-state index in [0.29, 0.717) is 51.0 Å². The van der Waals surface area contributed by atoms with Crippen molar-refractivity contribution in [1.82, 2.24) is 9.80 Å². The molecule has 2 amide bonds. The highest BCUT2D eigenvalue weighted by molar-refractivity contribution is 7.17. The van der Waals surface area contributed by atoms with Gasteiger partial charge in [-0.1, -0.05) is 29.8 Å². The molecule has 252 valence electrons. The number of nitrogens with zero attached hydrogens (tertiary/aromatic N) is 2. The molecular weight excluding hydrogens is 645 g/mol. The van der Waals surface area contributed by atoms with Crippen molar-refractivity contribution in [2.24, 2.45) is 5.92 Å². The van der Waals surface area contributed by atoms with Crippen molar-refractivity contribution in [2.45, 2.75) is 76.2 Å². The Bertz CT molecular complexity index is 1610. The summed E-state index contributed by atoms with van der Waals surface area (Å²) < 4.78 is 28.6.